The largest absolute Gasteiger partial charge is 0.373 e. The Morgan fingerprint density at radius 1 is 1.55 bits per heavy atom. The number of aromatic nitrogens is 2. The van der Waals surface area contributed by atoms with Crippen LogP contribution in [0, 0.1) is 5.92 Å². The summed E-state index contributed by atoms with van der Waals surface area (Å²) in [4.78, 5) is 16.7. The summed E-state index contributed by atoms with van der Waals surface area (Å²) in [6.07, 6.45) is 4.93. The molecule has 122 valence electrons. The summed E-state index contributed by atoms with van der Waals surface area (Å²) in [6, 6.07) is 1.79. The Morgan fingerprint density at radius 3 is 3.05 bits per heavy atom. The Bertz CT molecular complexity index is 542. The van der Waals surface area contributed by atoms with Gasteiger partial charge in [0.1, 0.15) is 5.69 Å². The van der Waals surface area contributed by atoms with E-state index in [2.05, 4.69) is 24.1 Å². The minimum atomic E-state index is -0.136. The van der Waals surface area contributed by atoms with Crippen LogP contribution in [0.15, 0.2) is 12.3 Å². The second kappa shape index (κ2) is 6.01. The Hall–Kier alpha value is -1.40. The van der Waals surface area contributed by atoms with Gasteiger partial charge in [-0.3, -0.25) is 9.48 Å². The van der Waals surface area contributed by atoms with Gasteiger partial charge < -0.3 is 14.5 Å². The van der Waals surface area contributed by atoms with Crippen LogP contribution in [0.1, 0.15) is 29.8 Å². The van der Waals surface area contributed by atoms with E-state index in [4.69, 9.17) is 4.74 Å². The predicted octanol–water partition coefficient (Wildman–Crippen LogP) is 0.993. The SMILES string of the molecule is CN(C)CC1COC2(CCCN(C(=O)c3ccn(C)n3)C2)C1. The van der Waals surface area contributed by atoms with E-state index in [-0.39, 0.29) is 11.5 Å². The van der Waals surface area contributed by atoms with Crippen LogP contribution in [0.5, 0.6) is 0 Å². The van der Waals surface area contributed by atoms with Gasteiger partial charge in [-0.2, -0.15) is 5.10 Å². The number of hydrogen-bond acceptors (Lipinski definition) is 4. The van der Waals surface area contributed by atoms with Gasteiger partial charge in [-0.05, 0) is 45.3 Å². The minimum absolute atomic E-state index is 0.0272. The van der Waals surface area contributed by atoms with Gasteiger partial charge in [0.15, 0.2) is 0 Å². The van der Waals surface area contributed by atoms with Crippen molar-refractivity contribution >= 4 is 5.91 Å². The fraction of sp³-hybridized carbons (Fsp3) is 0.750. The number of ether oxygens (including phenoxy) is 1. The molecular weight excluding hydrogens is 280 g/mol. The second-order valence-electron chi connectivity index (χ2n) is 7.03. The van der Waals surface area contributed by atoms with Gasteiger partial charge in [-0.15, -0.1) is 0 Å². The maximum atomic E-state index is 12.6. The molecule has 2 atom stereocenters. The number of rotatable bonds is 3. The highest BCUT2D eigenvalue weighted by Crippen LogP contribution is 2.37. The topological polar surface area (TPSA) is 50.6 Å². The molecule has 6 nitrogen and oxygen atoms in total. The first-order valence-corrected chi connectivity index (χ1v) is 8.05. The van der Waals surface area contributed by atoms with Gasteiger partial charge >= 0.3 is 0 Å². The number of piperidine rings is 1. The zero-order valence-electron chi connectivity index (χ0n) is 13.8. The predicted molar refractivity (Wildman–Crippen MR) is 83.7 cm³/mol. The number of likely N-dealkylation sites (tertiary alicyclic amines) is 1. The molecule has 2 aliphatic heterocycles. The molecule has 2 saturated heterocycles. The quantitative estimate of drug-likeness (QED) is 0.836. The van der Waals surface area contributed by atoms with Gasteiger partial charge in [-0.1, -0.05) is 0 Å². The number of carbonyl (C=O) groups is 1. The number of aryl methyl sites for hydroxylation is 1. The molecule has 2 aliphatic rings. The van der Waals surface area contributed by atoms with Crippen LogP contribution in [0.25, 0.3) is 0 Å². The van der Waals surface area contributed by atoms with Gasteiger partial charge in [0.2, 0.25) is 0 Å². The molecule has 0 bridgehead atoms. The van der Waals surface area contributed by atoms with Crippen molar-refractivity contribution in [2.75, 3.05) is 40.3 Å². The molecule has 6 heteroatoms. The molecule has 0 aromatic carbocycles. The number of nitrogens with zero attached hydrogens (tertiary/aromatic N) is 4. The summed E-state index contributed by atoms with van der Waals surface area (Å²) in [5.41, 5.74) is 0.394. The lowest BCUT2D eigenvalue weighted by molar-refractivity contribution is -0.0451. The van der Waals surface area contributed by atoms with Crippen molar-refractivity contribution in [3.63, 3.8) is 0 Å². The van der Waals surface area contributed by atoms with E-state index in [1.54, 1.807) is 10.7 Å². The van der Waals surface area contributed by atoms with Crippen LogP contribution < -0.4 is 0 Å². The summed E-state index contributed by atoms with van der Waals surface area (Å²) < 4.78 is 7.84. The third-order valence-electron chi connectivity index (χ3n) is 4.67. The van der Waals surface area contributed by atoms with Crippen LogP contribution in [0.3, 0.4) is 0 Å². The van der Waals surface area contributed by atoms with Crippen LogP contribution in [-0.2, 0) is 11.8 Å². The van der Waals surface area contributed by atoms with Crippen molar-refractivity contribution in [3.05, 3.63) is 18.0 Å². The molecule has 1 aromatic rings. The maximum absolute atomic E-state index is 12.6. The minimum Gasteiger partial charge on any atom is -0.373 e. The van der Waals surface area contributed by atoms with E-state index in [0.29, 0.717) is 18.2 Å². The molecule has 0 radical (unpaired) electrons. The van der Waals surface area contributed by atoms with Gasteiger partial charge in [0.05, 0.1) is 18.8 Å². The molecule has 1 amide bonds. The summed E-state index contributed by atoms with van der Waals surface area (Å²) in [6.45, 7) is 3.37. The molecule has 1 aromatic heterocycles. The highest BCUT2D eigenvalue weighted by atomic mass is 16.5. The number of hydrogen-bond donors (Lipinski definition) is 0. The van der Waals surface area contributed by atoms with Crippen molar-refractivity contribution in [1.29, 1.82) is 0 Å². The zero-order valence-corrected chi connectivity index (χ0v) is 13.8. The molecule has 22 heavy (non-hydrogen) atoms. The second-order valence-corrected chi connectivity index (χ2v) is 7.03. The smallest absolute Gasteiger partial charge is 0.274 e. The van der Waals surface area contributed by atoms with Gasteiger partial charge in [0.25, 0.3) is 5.91 Å². The standard InChI is InChI=1S/C16H26N4O2/c1-18(2)10-13-9-16(22-11-13)6-4-7-20(12-16)15(21)14-5-8-19(3)17-14/h5,8,13H,4,6-7,9-12H2,1-3H3. The highest BCUT2D eigenvalue weighted by molar-refractivity contribution is 5.92. The molecule has 0 saturated carbocycles. The lowest BCUT2D eigenvalue weighted by Gasteiger charge is -2.39. The fourth-order valence-electron chi connectivity index (χ4n) is 3.82. The Labute approximate surface area is 132 Å². The van der Waals surface area contributed by atoms with Crippen molar-refractivity contribution in [1.82, 2.24) is 19.6 Å². The van der Waals surface area contributed by atoms with Crippen LogP contribution in [0.2, 0.25) is 0 Å². The lowest BCUT2D eigenvalue weighted by Crippen LogP contribution is -2.50. The summed E-state index contributed by atoms with van der Waals surface area (Å²) in [7, 11) is 6.03. The van der Waals surface area contributed by atoms with E-state index in [0.717, 1.165) is 39.0 Å². The summed E-state index contributed by atoms with van der Waals surface area (Å²) in [5.74, 6) is 0.597. The van der Waals surface area contributed by atoms with E-state index in [1.807, 2.05) is 18.1 Å². The highest BCUT2D eigenvalue weighted by Gasteiger charge is 2.44. The molecular formula is C16H26N4O2. The van der Waals surface area contributed by atoms with Gasteiger partial charge in [0, 0.05) is 26.3 Å². The van der Waals surface area contributed by atoms with Crippen LogP contribution in [0.4, 0.5) is 0 Å². The van der Waals surface area contributed by atoms with E-state index >= 15 is 0 Å². The van der Waals surface area contributed by atoms with Crippen molar-refractivity contribution < 1.29 is 9.53 Å². The lowest BCUT2D eigenvalue weighted by atomic mass is 9.86. The van der Waals surface area contributed by atoms with Crippen molar-refractivity contribution in [2.24, 2.45) is 13.0 Å². The van der Waals surface area contributed by atoms with E-state index in [9.17, 15) is 4.79 Å². The normalized spacial score (nSPS) is 28.7. The van der Waals surface area contributed by atoms with Gasteiger partial charge in [-0.25, -0.2) is 0 Å². The van der Waals surface area contributed by atoms with E-state index in [1.165, 1.54) is 0 Å². The average Bonchev–Trinajstić information content (AvgIpc) is 3.05. The third-order valence-corrected chi connectivity index (χ3v) is 4.67. The first-order valence-electron chi connectivity index (χ1n) is 8.05. The molecule has 2 unspecified atom stereocenters. The molecule has 3 rings (SSSR count). The van der Waals surface area contributed by atoms with Crippen LogP contribution in [-0.4, -0.2) is 71.4 Å². The van der Waals surface area contributed by atoms with E-state index < -0.39 is 0 Å². The monoisotopic (exact) mass is 306 g/mol. The molecule has 3 heterocycles. The molecule has 2 fully saturated rings. The summed E-state index contributed by atoms with van der Waals surface area (Å²) in [5, 5.41) is 4.23. The first kappa shape index (κ1) is 15.5. The summed E-state index contributed by atoms with van der Waals surface area (Å²) >= 11 is 0. The first-order chi connectivity index (χ1) is 10.5. The van der Waals surface area contributed by atoms with Crippen LogP contribution >= 0.6 is 0 Å². The van der Waals surface area contributed by atoms with Crippen molar-refractivity contribution in [2.45, 2.75) is 24.9 Å². The Morgan fingerprint density at radius 2 is 2.36 bits per heavy atom. The Balaban J connectivity index is 1.66. The zero-order chi connectivity index (χ0) is 15.7. The Kier molecular flexibility index (Phi) is 4.23. The number of carbonyl (C=O) groups excluding carboxylic acids is 1. The molecule has 0 N–H and O–H groups in total. The average molecular weight is 306 g/mol. The number of amides is 1. The maximum Gasteiger partial charge on any atom is 0.274 e. The molecule has 1 spiro atoms. The fourth-order valence-corrected chi connectivity index (χ4v) is 3.82. The third kappa shape index (κ3) is 3.17. The molecule has 0 aliphatic carbocycles. The van der Waals surface area contributed by atoms with Crippen molar-refractivity contribution in [3.8, 4) is 0 Å².